The zero-order valence-corrected chi connectivity index (χ0v) is 12.4. The second kappa shape index (κ2) is 6.69. The molecule has 1 atom stereocenters. The Balaban J connectivity index is 2.25. The predicted molar refractivity (Wildman–Crippen MR) is 78.2 cm³/mol. The van der Waals surface area contributed by atoms with Crippen LogP contribution in [0, 0.1) is 0 Å². The van der Waals surface area contributed by atoms with Crippen molar-refractivity contribution in [1.29, 1.82) is 0 Å². The molecular formula is C15H25NOS. The zero-order valence-electron chi connectivity index (χ0n) is 11.6. The van der Waals surface area contributed by atoms with Crippen LogP contribution in [-0.2, 0) is 4.74 Å². The van der Waals surface area contributed by atoms with Gasteiger partial charge in [0.25, 0.3) is 0 Å². The van der Waals surface area contributed by atoms with Crippen LogP contribution >= 0.6 is 11.3 Å². The van der Waals surface area contributed by atoms with Crippen molar-refractivity contribution in [2.45, 2.75) is 57.1 Å². The molecule has 1 unspecified atom stereocenters. The van der Waals surface area contributed by atoms with Gasteiger partial charge in [0.05, 0.1) is 11.6 Å². The molecule has 102 valence electrons. The molecule has 0 radical (unpaired) electrons. The molecule has 1 heterocycles. The first-order valence-electron chi connectivity index (χ1n) is 7.14. The molecule has 1 aliphatic carbocycles. The fourth-order valence-electron chi connectivity index (χ4n) is 3.14. The van der Waals surface area contributed by atoms with Gasteiger partial charge in [-0.25, -0.2) is 0 Å². The molecular weight excluding hydrogens is 242 g/mol. The lowest BCUT2D eigenvalue weighted by molar-refractivity contribution is -0.0528. The van der Waals surface area contributed by atoms with E-state index in [4.69, 9.17) is 4.74 Å². The number of hydrogen-bond donors (Lipinski definition) is 1. The maximum atomic E-state index is 6.04. The third-order valence-electron chi connectivity index (χ3n) is 4.12. The fourth-order valence-corrected chi connectivity index (χ4v) is 4.05. The van der Waals surface area contributed by atoms with Crippen molar-refractivity contribution in [2.75, 3.05) is 13.7 Å². The van der Waals surface area contributed by atoms with E-state index >= 15 is 0 Å². The molecule has 2 nitrogen and oxygen atoms in total. The Labute approximate surface area is 115 Å². The number of rotatable bonds is 5. The molecule has 1 aromatic rings. The van der Waals surface area contributed by atoms with Crippen LogP contribution in [0.25, 0.3) is 0 Å². The molecule has 3 heteroatoms. The van der Waals surface area contributed by atoms with Crippen LogP contribution < -0.4 is 5.32 Å². The molecule has 2 rings (SSSR count). The van der Waals surface area contributed by atoms with Gasteiger partial charge in [0, 0.05) is 12.0 Å². The Morgan fingerprint density at radius 2 is 2.06 bits per heavy atom. The molecule has 1 N–H and O–H groups in total. The van der Waals surface area contributed by atoms with Crippen LogP contribution in [0.3, 0.4) is 0 Å². The SMILES string of the molecule is CCNC(c1cccs1)C1(OC)CCCCCC1. The molecule has 1 fully saturated rings. The summed E-state index contributed by atoms with van der Waals surface area (Å²) >= 11 is 1.84. The second-order valence-corrected chi connectivity index (χ2v) is 6.17. The van der Waals surface area contributed by atoms with Gasteiger partial charge in [-0.3, -0.25) is 0 Å². The van der Waals surface area contributed by atoms with Gasteiger partial charge in [0.2, 0.25) is 0 Å². The number of hydrogen-bond acceptors (Lipinski definition) is 3. The van der Waals surface area contributed by atoms with E-state index in [1.54, 1.807) is 0 Å². The quantitative estimate of drug-likeness (QED) is 0.810. The van der Waals surface area contributed by atoms with Gasteiger partial charge in [-0.15, -0.1) is 11.3 Å². The predicted octanol–water partition coefficient (Wildman–Crippen LogP) is 4.14. The van der Waals surface area contributed by atoms with Crippen molar-refractivity contribution < 1.29 is 4.74 Å². The molecule has 1 aromatic heterocycles. The minimum atomic E-state index is -0.00262. The summed E-state index contributed by atoms with van der Waals surface area (Å²) in [6, 6.07) is 4.74. The van der Waals surface area contributed by atoms with Crippen molar-refractivity contribution in [1.82, 2.24) is 5.32 Å². The van der Waals surface area contributed by atoms with Crippen LogP contribution in [0.2, 0.25) is 0 Å². The zero-order chi connectivity index (χ0) is 12.8. The Morgan fingerprint density at radius 1 is 1.33 bits per heavy atom. The van der Waals surface area contributed by atoms with Gasteiger partial charge in [0.1, 0.15) is 0 Å². The molecule has 1 aliphatic rings. The second-order valence-electron chi connectivity index (χ2n) is 5.19. The molecule has 18 heavy (non-hydrogen) atoms. The standard InChI is InChI=1S/C15H25NOS/c1-3-16-14(13-9-8-12-18-13)15(17-2)10-6-4-5-7-11-15/h8-9,12,14,16H,3-7,10-11H2,1-2H3. The van der Waals surface area contributed by atoms with Crippen molar-refractivity contribution >= 4 is 11.3 Å². The minimum Gasteiger partial charge on any atom is -0.376 e. The van der Waals surface area contributed by atoms with E-state index in [-0.39, 0.29) is 5.60 Å². The lowest BCUT2D eigenvalue weighted by Gasteiger charge is -2.39. The lowest BCUT2D eigenvalue weighted by atomic mass is 9.85. The summed E-state index contributed by atoms with van der Waals surface area (Å²) in [5.74, 6) is 0. The number of nitrogens with one attached hydrogen (secondary N) is 1. The Kier molecular flexibility index (Phi) is 5.22. The van der Waals surface area contributed by atoms with E-state index in [2.05, 4.69) is 29.8 Å². The maximum absolute atomic E-state index is 6.04. The monoisotopic (exact) mass is 267 g/mol. The number of likely N-dealkylation sites (N-methyl/N-ethyl adjacent to an activating group) is 1. The smallest absolute Gasteiger partial charge is 0.0880 e. The summed E-state index contributed by atoms with van der Waals surface area (Å²) in [4.78, 5) is 1.42. The first-order valence-corrected chi connectivity index (χ1v) is 8.02. The highest BCUT2D eigenvalue weighted by atomic mass is 32.1. The molecule has 1 saturated carbocycles. The van der Waals surface area contributed by atoms with Crippen molar-refractivity contribution in [3.05, 3.63) is 22.4 Å². The third-order valence-corrected chi connectivity index (χ3v) is 5.06. The molecule has 0 aliphatic heterocycles. The molecule has 0 bridgehead atoms. The van der Waals surface area contributed by atoms with Gasteiger partial charge in [-0.2, -0.15) is 0 Å². The molecule has 0 amide bonds. The highest BCUT2D eigenvalue weighted by molar-refractivity contribution is 7.10. The number of thiophene rings is 1. The van der Waals surface area contributed by atoms with Crippen LogP contribution in [0.4, 0.5) is 0 Å². The first kappa shape index (κ1) is 14.0. The van der Waals surface area contributed by atoms with Crippen LogP contribution in [-0.4, -0.2) is 19.3 Å². The Bertz CT molecular complexity index is 328. The number of methoxy groups -OCH3 is 1. The van der Waals surface area contributed by atoms with Gasteiger partial charge in [-0.05, 0) is 30.8 Å². The molecule has 0 spiro atoms. The molecule has 0 saturated heterocycles. The Morgan fingerprint density at radius 3 is 2.56 bits per heavy atom. The average molecular weight is 267 g/mol. The van der Waals surface area contributed by atoms with Crippen LogP contribution in [0.15, 0.2) is 17.5 Å². The highest BCUT2D eigenvalue weighted by Crippen LogP contribution is 2.41. The van der Waals surface area contributed by atoms with E-state index in [1.165, 1.54) is 43.4 Å². The fraction of sp³-hybridized carbons (Fsp3) is 0.733. The number of ether oxygens (including phenoxy) is 1. The summed E-state index contributed by atoms with van der Waals surface area (Å²) in [6.07, 6.45) is 7.66. The lowest BCUT2D eigenvalue weighted by Crippen LogP contribution is -2.45. The summed E-state index contributed by atoms with van der Waals surface area (Å²) in [5, 5.41) is 5.83. The summed E-state index contributed by atoms with van der Waals surface area (Å²) in [7, 11) is 1.89. The first-order chi connectivity index (χ1) is 8.82. The van der Waals surface area contributed by atoms with Crippen LogP contribution in [0.1, 0.15) is 56.4 Å². The molecule has 0 aromatic carbocycles. The van der Waals surface area contributed by atoms with Crippen molar-refractivity contribution in [3.8, 4) is 0 Å². The van der Waals surface area contributed by atoms with E-state index in [0.717, 1.165) is 6.54 Å². The van der Waals surface area contributed by atoms with Gasteiger partial charge < -0.3 is 10.1 Å². The Hall–Kier alpha value is -0.380. The summed E-state index contributed by atoms with van der Waals surface area (Å²) < 4.78 is 6.04. The van der Waals surface area contributed by atoms with Gasteiger partial charge in [0.15, 0.2) is 0 Å². The van der Waals surface area contributed by atoms with E-state index < -0.39 is 0 Å². The van der Waals surface area contributed by atoms with Crippen molar-refractivity contribution in [2.24, 2.45) is 0 Å². The van der Waals surface area contributed by atoms with E-state index in [0.29, 0.717) is 6.04 Å². The highest BCUT2D eigenvalue weighted by Gasteiger charge is 2.40. The summed E-state index contributed by atoms with van der Waals surface area (Å²) in [6.45, 7) is 3.17. The van der Waals surface area contributed by atoms with Gasteiger partial charge >= 0.3 is 0 Å². The topological polar surface area (TPSA) is 21.3 Å². The van der Waals surface area contributed by atoms with Crippen molar-refractivity contribution in [3.63, 3.8) is 0 Å². The normalized spacial score (nSPS) is 21.4. The summed E-state index contributed by atoms with van der Waals surface area (Å²) in [5.41, 5.74) is -0.00262. The van der Waals surface area contributed by atoms with Gasteiger partial charge in [-0.1, -0.05) is 38.7 Å². The van der Waals surface area contributed by atoms with E-state index in [1.807, 2.05) is 18.4 Å². The largest absolute Gasteiger partial charge is 0.376 e. The minimum absolute atomic E-state index is 0.00262. The maximum Gasteiger partial charge on any atom is 0.0880 e. The van der Waals surface area contributed by atoms with E-state index in [9.17, 15) is 0 Å². The van der Waals surface area contributed by atoms with Crippen LogP contribution in [0.5, 0.6) is 0 Å². The third kappa shape index (κ3) is 2.95. The average Bonchev–Trinajstić information content (AvgIpc) is 2.81.